The van der Waals surface area contributed by atoms with Crippen LogP contribution < -0.4 is 0 Å². The fourth-order valence-electron chi connectivity index (χ4n) is 3.20. The van der Waals surface area contributed by atoms with Crippen LogP contribution in [0.15, 0.2) is 41.6 Å². The van der Waals surface area contributed by atoms with Crippen molar-refractivity contribution < 1.29 is 0 Å². The molecule has 1 fully saturated rings. The van der Waals surface area contributed by atoms with E-state index in [9.17, 15) is 0 Å². The Bertz CT molecular complexity index is 1280. The summed E-state index contributed by atoms with van der Waals surface area (Å²) in [7, 11) is 0. The lowest BCUT2D eigenvalue weighted by Gasteiger charge is -2.06. The minimum absolute atomic E-state index is 0.0964. The molecule has 0 N–H and O–H groups in total. The highest BCUT2D eigenvalue weighted by Gasteiger charge is 2.27. The van der Waals surface area contributed by atoms with Crippen molar-refractivity contribution in [2.45, 2.75) is 23.3 Å². The summed E-state index contributed by atoms with van der Waals surface area (Å²) in [6, 6.07) is 14.3. The van der Waals surface area contributed by atoms with Gasteiger partial charge < -0.3 is 0 Å². The standard InChI is InChI=1S/C22H12N4S4/c1-26-14(12-25)7-16-3-5-18(28-16)20-9-22-21(30-20)8-19(29-22)17-4-2-15(27-17)6-13(10-23)11-24/h3,5-9,15,17H,2,4H2/b14-7+. The van der Waals surface area contributed by atoms with Crippen molar-refractivity contribution in [1.29, 1.82) is 15.8 Å². The first-order valence-electron chi connectivity index (χ1n) is 8.93. The van der Waals surface area contributed by atoms with Gasteiger partial charge in [-0.25, -0.2) is 10.1 Å². The van der Waals surface area contributed by atoms with Gasteiger partial charge in [-0.1, -0.05) is 0 Å². The van der Waals surface area contributed by atoms with Gasteiger partial charge >= 0.3 is 0 Å². The summed E-state index contributed by atoms with van der Waals surface area (Å²) in [5.74, 6) is 0. The number of hydrogen-bond acceptors (Lipinski definition) is 7. The van der Waals surface area contributed by atoms with Gasteiger partial charge in [0.2, 0.25) is 0 Å². The molecule has 30 heavy (non-hydrogen) atoms. The molecule has 4 heterocycles. The van der Waals surface area contributed by atoms with E-state index in [0.717, 1.165) is 22.6 Å². The number of nitriles is 3. The normalized spacial score (nSPS) is 18.3. The highest BCUT2D eigenvalue weighted by Crippen LogP contribution is 2.50. The van der Waals surface area contributed by atoms with Crippen LogP contribution in [0, 0.1) is 40.6 Å². The summed E-state index contributed by atoms with van der Waals surface area (Å²) >= 11 is 7.00. The lowest BCUT2D eigenvalue weighted by molar-refractivity contribution is 0.802. The Hall–Kier alpha value is -2.85. The van der Waals surface area contributed by atoms with Gasteiger partial charge in [-0.3, -0.25) is 0 Å². The first-order chi connectivity index (χ1) is 14.6. The minimum Gasteiger partial charge on any atom is -0.227 e. The van der Waals surface area contributed by atoms with Crippen molar-refractivity contribution in [3.8, 4) is 28.0 Å². The number of nitrogens with zero attached hydrogens (tertiary/aromatic N) is 4. The van der Waals surface area contributed by atoms with Crippen LogP contribution in [0.3, 0.4) is 0 Å². The van der Waals surface area contributed by atoms with Gasteiger partial charge in [-0.15, -0.1) is 45.8 Å². The molecule has 0 saturated carbocycles. The summed E-state index contributed by atoms with van der Waals surface area (Å²) < 4.78 is 2.53. The fraction of sp³-hybridized carbons (Fsp3) is 0.182. The lowest BCUT2D eigenvalue weighted by Crippen LogP contribution is -1.91. The number of rotatable bonds is 4. The average Bonchev–Trinajstić information content (AvgIpc) is 3.52. The zero-order valence-corrected chi connectivity index (χ0v) is 18.7. The van der Waals surface area contributed by atoms with E-state index in [2.05, 4.69) is 17.0 Å². The number of hydrogen-bond donors (Lipinski definition) is 0. The van der Waals surface area contributed by atoms with E-state index in [4.69, 9.17) is 22.4 Å². The SMILES string of the molecule is [C-]#[N+]/C(C#N)=C/c1ccc(-c2cc3sc(C4CCC(C=C(C#N)C#N)S4)cc3s2)s1. The zero-order valence-electron chi connectivity index (χ0n) is 15.5. The summed E-state index contributed by atoms with van der Waals surface area (Å²) in [6.07, 6.45) is 5.47. The van der Waals surface area contributed by atoms with Crippen molar-refractivity contribution in [1.82, 2.24) is 0 Å². The third kappa shape index (κ3) is 4.19. The second-order valence-corrected chi connectivity index (χ2v) is 11.2. The first kappa shape index (κ1) is 20.4. The summed E-state index contributed by atoms with van der Waals surface area (Å²) in [6.45, 7) is 7.00. The van der Waals surface area contributed by atoms with Gasteiger partial charge in [0.1, 0.15) is 17.7 Å². The molecule has 4 rings (SSSR count). The van der Waals surface area contributed by atoms with E-state index in [1.165, 1.54) is 19.2 Å². The Labute approximate surface area is 190 Å². The Kier molecular flexibility index (Phi) is 6.05. The average molecular weight is 461 g/mol. The molecule has 1 saturated heterocycles. The van der Waals surface area contributed by atoms with E-state index in [1.54, 1.807) is 34.8 Å². The van der Waals surface area contributed by atoms with E-state index in [0.29, 0.717) is 5.25 Å². The van der Waals surface area contributed by atoms with E-state index >= 15 is 0 Å². The van der Waals surface area contributed by atoms with Crippen LogP contribution in [0.2, 0.25) is 0 Å². The molecule has 0 spiro atoms. The molecule has 4 nitrogen and oxygen atoms in total. The summed E-state index contributed by atoms with van der Waals surface area (Å²) in [5.41, 5.74) is 0.299. The van der Waals surface area contributed by atoms with Crippen LogP contribution >= 0.6 is 45.8 Å². The molecule has 0 bridgehead atoms. The molecule has 2 atom stereocenters. The maximum atomic E-state index is 8.95. The summed E-state index contributed by atoms with van der Waals surface area (Å²) in [4.78, 5) is 7.81. The number of thioether (sulfide) groups is 1. The van der Waals surface area contributed by atoms with E-state index in [-0.39, 0.29) is 16.5 Å². The van der Waals surface area contributed by atoms with Crippen LogP contribution in [0.25, 0.3) is 30.1 Å². The van der Waals surface area contributed by atoms with Gasteiger partial charge in [0.05, 0.1) is 12.6 Å². The Morgan fingerprint density at radius 2 is 1.80 bits per heavy atom. The molecule has 3 aromatic rings. The van der Waals surface area contributed by atoms with Crippen LogP contribution in [0.1, 0.15) is 27.8 Å². The molecule has 0 aliphatic carbocycles. The molecule has 1 aliphatic rings. The molecule has 8 heteroatoms. The predicted octanol–water partition coefficient (Wildman–Crippen LogP) is 7.39. The Morgan fingerprint density at radius 3 is 2.50 bits per heavy atom. The molecular formula is C22H12N4S4. The number of fused-ring (bicyclic) bond motifs is 1. The Morgan fingerprint density at radius 1 is 1.00 bits per heavy atom. The zero-order chi connectivity index (χ0) is 21.1. The molecule has 1 aliphatic heterocycles. The Balaban J connectivity index is 1.52. The maximum absolute atomic E-state index is 8.95. The molecule has 0 radical (unpaired) electrons. The van der Waals surface area contributed by atoms with E-state index < -0.39 is 0 Å². The maximum Gasteiger partial charge on any atom is 0.263 e. The van der Waals surface area contributed by atoms with Gasteiger partial charge in [-0.05, 0) is 49.3 Å². The first-order valence-corrected chi connectivity index (χ1v) is 12.3. The molecule has 0 amide bonds. The molecular weight excluding hydrogens is 449 g/mol. The lowest BCUT2D eigenvalue weighted by atomic mass is 10.1. The molecule has 2 unspecified atom stereocenters. The van der Waals surface area contributed by atoms with Gasteiger partial charge in [0.25, 0.3) is 5.70 Å². The van der Waals surface area contributed by atoms with Gasteiger partial charge in [0, 0.05) is 39.4 Å². The van der Waals surface area contributed by atoms with Crippen molar-refractivity contribution >= 4 is 61.2 Å². The summed E-state index contributed by atoms with van der Waals surface area (Å²) in [5, 5.41) is 27.5. The van der Waals surface area contributed by atoms with Crippen molar-refractivity contribution in [2.24, 2.45) is 0 Å². The number of allylic oxidation sites excluding steroid dienone is 2. The molecule has 3 aromatic heterocycles. The van der Waals surface area contributed by atoms with E-state index in [1.807, 2.05) is 53.4 Å². The second kappa shape index (κ2) is 8.88. The predicted molar refractivity (Wildman–Crippen MR) is 126 cm³/mol. The minimum atomic E-state index is 0.0964. The number of thiophene rings is 3. The second-order valence-electron chi connectivity index (χ2n) is 6.49. The molecule has 0 aromatic carbocycles. The van der Waals surface area contributed by atoms with Crippen molar-refractivity contribution in [3.63, 3.8) is 0 Å². The quantitative estimate of drug-likeness (QED) is 0.300. The van der Waals surface area contributed by atoms with Gasteiger partial charge in [0.15, 0.2) is 0 Å². The monoisotopic (exact) mass is 460 g/mol. The highest BCUT2D eigenvalue weighted by atomic mass is 32.2. The largest absolute Gasteiger partial charge is 0.263 e. The topological polar surface area (TPSA) is 75.7 Å². The van der Waals surface area contributed by atoms with Crippen LogP contribution in [-0.2, 0) is 0 Å². The van der Waals surface area contributed by atoms with Gasteiger partial charge in [-0.2, -0.15) is 10.5 Å². The van der Waals surface area contributed by atoms with Crippen molar-refractivity contribution in [2.75, 3.05) is 0 Å². The van der Waals surface area contributed by atoms with Crippen LogP contribution in [0.5, 0.6) is 0 Å². The fourth-order valence-corrected chi connectivity index (χ4v) is 8.35. The molecule has 144 valence electrons. The van der Waals surface area contributed by atoms with Crippen LogP contribution in [-0.4, -0.2) is 5.25 Å². The smallest absolute Gasteiger partial charge is 0.227 e. The van der Waals surface area contributed by atoms with Crippen molar-refractivity contribution in [3.05, 3.63) is 62.8 Å². The highest BCUT2D eigenvalue weighted by molar-refractivity contribution is 8.00. The van der Waals surface area contributed by atoms with Crippen LogP contribution in [0.4, 0.5) is 0 Å². The third-order valence-electron chi connectivity index (χ3n) is 4.57. The third-order valence-corrected chi connectivity index (χ3v) is 9.90.